The van der Waals surface area contributed by atoms with Crippen LogP contribution in [-0.2, 0) is 14.3 Å². The number of alkyl carbamates (subject to hydrolysis) is 1. The van der Waals surface area contributed by atoms with E-state index in [0.717, 1.165) is 17.9 Å². The van der Waals surface area contributed by atoms with Gasteiger partial charge in [-0.2, -0.15) is 16.9 Å². The van der Waals surface area contributed by atoms with E-state index in [9.17, 15) is 9.59 Å². The molecule has 0 bridgehead atoms. The van der Waals surface area contributed by atoms with Crippen LogP contribution in [0, 0.1) is 0 Å². The largest absolute Gasteiger partial charge is 0.469 e. The molecule has 0 saturated heterocycles. The number of ether oxygens (including phenoxy) is 2. The van der Waals surface area contributed by atoms with Gasteiger partial charge in [0.05, 0.1) is 7.11 Å². The summed E-state index contributed by atoms with van der Waals surface area (Å²) in [4.78, 5) is 21.2. The summed E-state index contributed by atoms with van der Waals surface area (Å²) in [7, 11) is 2.94. The van der Waals surface area contributed by atoms with Crippen LogP contribution < -0.4 is 5.32 Å². The second-order valence-corrected chi connectivity index (χ2v) is 5.34. The Labute approximate surface area is 137 Å². The molecule has 1 amide bonds. The molecule has 22 heavy (non-hydrogen) atoms. The predicted molar refractivity (Wildman–Crippen MR) is 91.2 cm³/mol. The van der Waals surface area contributed by atoms with Crippen molar-refractivity contribution in [3.05, 3.63) is 0 Å². The van der Waals surface area contributed by atoms with E-state index in [1.807, 2.05) is 27.0 Å². The van der Waals surface area contributed by atoms with Crippen LogP contribution in [0.4, 0.5) is 4.79 Å². The summed E-state index contributed by atoms with van der Waals surface area (Å²) in [5.74, 6) is 0.929. The Kier molecular flexibility index (Phi) is 16.5. The van der Waals surface area contributed by atoms with Gasteiger partial charge in [-0.05, 0) is 39.2 Å². The first kappa shape index (κ1) is 22.8. The number of amides is 1. The van der Waals surface area contributed by atoms with E-state index < -0.39 is 6.09 Å². The average Bonchev–Trinajstić information content (AvgIpc) is 2.51. The highest BCUT2D eigenvalue weighted by molar-refractivity contribution is 7.98. The van der Waals surface area contributed by atoms with E-state index in [-0.39, 0.29) is 12.7 Å². The van der Waals surface area contributed by atoms with Gasteiger partial charge in [-0.25, -0.2) is 4.79 Å². The van der Waals surface area contributed by atoms with Crippen molar-refractivity contribution in [1.82, 2.24) is 10.3 Å². The summed E-state index contributed by atoms with van der Waals surface area (Å²) >= 11 is 1.75. The first-order chi connectivity index (χ1) is 10.4. The first-order valence-electron chi connectivity index (χ1n) is 7.08. The van der Waals surface area contributed by atoms with Gasteiger partial charge in [0, 0.05) is 25.7 Å². The number of methoxy groups -OCH3 is 1. The van der Waals surface area contributed by atoms with E-state index >= 15 is 0 Å². The predicted octanol–water partition coefficient (Wildman–Crippen LogP) is 2.32. The molecule has 0 heterocycles. The quantitative estimate of drug-likeness (QED) is 0.241. The van der Waals surface area contributed by atoms with Crippen LogP contribution in [0.3, 0.4) is 0 Å². The number of carbonyl (C=O) groups is 2. The van der Waals surface area contributed by atoms with Gasteiger partial charge < -0.3 is 14.8 Å². The van der Waals surface area contributed by atoms with Gasteiger partial charge in [-0.1, -0.05) is 0 Å². The van der Waals surface area contributed by atoms with Crippen LogP contribution >= 0.6 is 11.8 Å². The topological polar surface area (TPSA) is 80.2 Å². The molecule has 0 aromatic rings. The summed E-state index contributed by atoms with van der Waals surface area (Å²) in [6, 6.07) is 0. The Morgan fingerprint density at radius 1 is 1.32 bits per heavy atom. The number of carbonyl (C=O) groups excluding carboxylic acids is 2. The Morgan fingerprint density at radius 2 is 1.95 bits per heavy atom. The molecule has 0 aromatic heterocycles. The maximum absolute atomic E-state index is 10.7. The minimum atomic E-state index is -0.442. The minimum Gasteiger partial charge on any atom is -0.469 e. The molecule has 0 aromatic carbocycles. The van der Waals surface area contributed by atoms with Crippen molar-refractivity contribution in [2.75, 3.05) is 39.4 Å². The van der Waals surface area contributed by atoms with Crippen LogP contribution in [0.2, 0.25) is 0 Å². The first-order valence-corrected chi connectivity index (χ1v) is 8.47. The Morgan fingerprint density at radius 3 is 2.36 bits per heavy atom. The molecule has 8 heteroatoms. The molecule has 0 spiro atoms. The van der Waals surface area contributed by atoms with Crippen molar-refractivity contribution in [2.45, 2.75) is 33.6 Å². The smallest absolute Gasteiger partial charge is 0.408 e. The third-order valence-corrected chi connectivity index (χ3v) is 2.91. The number of hydrazone groups is 1. The zero-order valence-corrected chi connectivity index (χ0v) is 15.3. The summed E-state index contributed by atoms with van der Waals surface area (Å²) in [5.41, 5.74) is 0.933. The molecule has 0 unspecified atom stereocenters. The second kappa shape index (κ2) is 15.9. The Balaban J connectivity index is 0. The molecule has 0 atom stereocenters. The number of rotatable bonds is 8. The fourth-order valence-corrected chi connectivity index (χ4v) is 1.57. The van der Waals surface area contributed by atoms with Gasteiger partial charge in [0.1, 0.15) is 0 Å². The minimum absolute atomic E-state index is 0.107. The molecule has 130 valence electrons. The van der Waals surface area contributed by atoms with Crippen molar-refractivity contribution in [1.29, 1.82) is 0 Å². The molecule has 0 radical (unpaired) electrons. The standard InChI is InChI=1S/C8H17N3O2.C6H12O2S/c1-5-11(10-7(2)3)6-13-8(12)9-4;1-8-6(7)4-3-5-9-2/h5-6H2,1-4H3,(H,9,12);3-5H2,1-2H3. The summed E-state index contributed by atoms with van der Waals surface area (Å²) in [5, 5.41) is 8.18. The molecule has 0 saturated carbocycles. The normalized spacial score (nSPS) is 9.00. The zero-order chi connectivity index (χ0) is 17.4. The van der Waals surface area contributed by atoms with Gasteiger partial charge in [-0.3, -0.25) is 9.80 Å². The average molecular weight is 335 g/mol. The molecule has 0 aliphatic heterocycles. The fourth-order valence-electron chi connectivity index (χ4n) is 1.14. The number of nitrogens with one attached hydrogen (secondary N) is 1. The van der Waals surface area contributed by atoms with E-state index in [1.165, 1.54) is 14.2 Å². The molecular weight excluding hydrogens is 306 g/mol. The Bertz CT molecular complexity index is 334. The summed E-state index contributed by atoms with van der Waals surface area (Å²) in [6.45, 7) is 6.62. The highest BCUT2D eigenvalue weighted by Crippen LogP contribution is 1.99. The van der Waals surface area contributed by atoms with Crippen molar-refractivity contribution in [2.24, 2.45) is 5.10 Å². The monoisotopic (exact) mass is 335 g/mol. The van der Waals surface area contributed by atoms with Crippen LogP contribution in [0.5, 0.6) is 0 Å². The zero-order valence-electron chi connectivity index (χ0n) is 14.5. The molecular formula is C14H29N3O4S. The van der Waals surface area contributed by atoms with Crippen LogP contribution in [-0.4, -0.2) is 62.2 Å². The van der Waals surface area contributed by atoms with Crippen molar-refractivity contribution in [3.63, 3.8) is 0 Å². The number of hydrogen-bond donors (Lipinski definition) is 1. The lowest BCUT2D eigenvalue weighted by Gasteiger charge is -2.16. The van der Waals surface area contributed by atoms with E-state index in [4.69, 9.17) is 4.74 Å². The van der Waals surface area contributed by atoms with Crippen molar-refractivity contribution >= 4 is 29.5 Å². The van der Waals surface area contributed by atoms with Crippen LogP contribution in [0.25, 0.3) is 0 Å². The molecule has 0 aliphatic carbocycles. The van der Waals surface area contributed by atoms with Gasteiger partial charge in [-0.15, -0.1) is 0 Å². The summed E-state index contributed by atoms with van der Waals surface area (Å²) < 4.78 is 9.26. The maximum atomic E-state index is 10.7. The number of thioether (sulfide) groups is 1. The molecule has 7 nitrogen and oxygen atoms in total. The van der Waals surface area contributed by atoms with E-state index in [2.05, 4.69) is 15.2 Å². The molecule has 0 rings (SSSR count). The molecule has 0 fully saturated rings. The van der Waals surface area contributed by atoms with Gasteiger partial charge in [0.2, 0.25) is 0 Å². The third kappa shape index (κ3) is 16.6. The van der Waals surface area contributed by atoms with Crippen LogP contribution in [0.1, 0.15) is 33.6 Å². The SMILES string of the molecule is CCN(COC(=O)NC)N=C(C)C.COC(=O)CCCSC. The van der Waals surface area contributed by atoms with Gasteiger partial charge >= 0.3 is 12.1 Å². The van der Waals surface area contributed by atoms with E-state index in [1.54, 1.807) is 16.8 Å². The Hall–Kier alpha value is -1.44. The highest BCUT2D eigenvalue weighted by Gasteiger charge is 2.01. The number of nitrogens with zero attached hydrogens (tertiary/aromatic N) is 2. The maximum Gasteiger partial charge on any atom is 0.408 e. The van der Waals surface area contributed by atoms with Gasteiger partial charge in [0.15, 0.2) is 6.73 Å². The molecule has 0 aliphatic rings. The van der Waals surface area contributed by atoms with Gasteiger partial charge in [0.25, 0.3) is 0 Å². The highest BCUT2D eigenvalue weighted by atomic mass is 32.2. The van der Waals surface area contributed by atoms with Crippen molar-refractivity contribution < 1.29 is 19.1 Å². The molecule has 1 N–H and O–H groups in total. The van der Waals surface area contributed by atoms with Crippen LogP contribution in [0.15, 0.2) is 5.10 Å². The number of esters is 1. The van der Waals surface area contributed by atoms with E-state index in [0.29, 0.717) is 13.0 Å². The third-order valence-electron chi connectivity index (χ3n) is 2.21. The summed E-state index contributed by atoms with van der Waals surface area (Å²) in [6.07, 6.45) is 3.06. The second-order valence-electron chi connectivity index (χ2n) is 4.35. The van der Waals surface area contributed by atoms with Crippen molar-refractivity contribution in [3.8, 4) is 0 Å². The number of hydrogen-bond acceptors (Lipinski definition) is 7. The fraction of sp³-hybridized carbons (Fsp3) is 0.786. The lowest BCUT2D eigenvalue weighted by atomic mass is 10.3. The lowest BCUT2D eigenvalue weighted by molar-refractivity contribution is -0.140. The lowest BCUT2D eigenvalue weighted by Crippen LogP contribution is -2.28.